The minimum atomic E-state index is -0.916. The molecule has 0 atom stereocenters. The van der Waals surface area contributed by atoms with Gasteiger partial charge in [-0.1, -0.05) is 20.3 Å². The molecule has 5 nitrogen and oxygen atoms in total. The molecule has 0 saturated carbocycles. The van der Waals surface area contributed by atoms with Gasteiger partial charge < -0.3 is 14.6 Å². The molecule has 0 aromatic carbocycles. The lowest BCUT2D eigenvalue weighted by Crippen LogP contribution is -2.04. The highest BCUT2D eigenvalue weighted by atomic mass is 16.5. The summed E-state index contributed by atoms with van der Waals surface area (Å²) < 4.78 is 4.88. The Kier molecular flexibility index (Phi) is 14.4. The average molecular weight is 260 g/mol. The molecule has 0 aromatic rings. The fourth-order valence-corrected chi connectivity index (χ4v) is 0.890. The van der Waals surface area contributed by atoms with Gasteiger partial charge in [-0.3, -0.25) is 9.59 Å². The number of carbonyl (C=O) groups excluding carboxylic acids is 2. The molecule has 0 aromatic heterocycles. The molecule has 0 aliphatic rings. The second-order valence-electron chi connectivity index (χ2n) is 3.92. The van der Waals surface area contributed by atoms with Gasteiger partial charge in [0.15, 0.2) is 0 Å². The van der Waals surface area contributed by atoms with Gasteiger partial charge in [0.2, 0.25) is 0 Å². The van der Waals surface area contributed by atoms with E-state index in [1.807, 2.05) is 6.92 Å². The van der Waals surface area contributed by atoms with E-state index >= 15 is 0 Å². The molecule has 0 heterocycles. The molecule has 0 aliphatic heterocycles. The molecule has 0 bridgehead atoms. The molecule has 0 radical (unpaired) electrons. The Hall–Kier alpha value is -1.39. The Morgan fingerprint density at radius 3 is 1.94 bits per heavy atom. The Morgan fingerprint density at radius 2 is 1.61 bits per heavy atom. The molecular weight excluding hydrogens is 236 g/mol. The summed E-state index contributed by atoms with van der Waals surface area (Å²) in [5.41, 5.74) is 0. The molecule has 0 aliphatic carbocycles. The van der Waals surface area contributed by atoms with Crippen LogP contribution in [0.15, 0.2) is 0 Å². The van der Waals surface area contributed by atoms with Crippen molar-refractivity contribution in [3.8, 4) is 0 Å². The summed E-state index contributed by atoms with van der Waals surface area (Å²) in [5.74, 6) is -1.05. The number of unbranched alkanes of at least 4 members (excludes halogenated alkanes) is 1. The minimum absolute atomic E-state index is 0.0463. The predicted molar refractivity (Wildman–Crippen MR) is 68.3 cm³/mol. The molecule has 5 heteroatoms. The molecule has 1 N–H and O–H groups in total. The molecule has 0 fully saturated rings. The van der Waals surface area contributed by atoms with Crippen molar-refractivity contribution in [3.63, 3.8) is 0 Å². The van der Waals surface area contributed by atoms with E-state index in [0.717, 1.165) is 19.3 Å². The zero-order valence-electron chi connectivity index (χ0n) is 11.5. The Bertz CT molecular complexity index is 234. The van der Waals surface area contributed by atoms with Crippen molar-refractivity contribution in [3.05, 3.63) is 0 Å². The number of hydrogen-bond donors (Lipinski definition) is 1. The number of esters is 1. The van der Waals surface area contributed by atoms with E-state index in [9.17, 15) is 14.4 Å². The van der Waals surface area contributed by atoms with Crippen LogP contribution in [0.2, 0.25) is 0 Å². The summed E-state index contributed by atoms with van der Waals surface area (Å²) in [4.78, 5) is 30.5. The first-order chi connectivity index (χ1) is 8.43. The summed E-state index contributed by atoms with van der Waals surface area (Å²) in [7, 11) is 0. The first kappa shape index (κ1) is 19.0. The van der Waals surface area contributed by atoms with Crippen molar-refractivity contribution in [1.29, 1.82) is 0 Å². The van der Waals surface area contributed by atoms with Gasteiger partial charge in [-0.05, 0) is 19.8 Å². The SMILES string of the molecule is CC(=O)CCC(=O)O.CCCCOC(=O)CCC. The second kappa shape index (κ2) is 13.7. The van der Waals surface area contributed by atoms with Crippen LogP contribution in [0.25, 0.3) is 0 Å². The third-order valence-corrected chi connectivity index (χ3v) is 1.91. The number of rotatable bonds is 8. The Labute approximate surface area is 109 Å². The van der Waals surface area contributed by atoms with Crippen LogP contribution in [0.5, 0.6) is 0 Å². The molecule has 18 heavy (non-hydrogen) atoms. The molecule has 0 amide bonds. The lowest BCUT2D eigenvalue weighted by Gasteiger charge is -2.00. The monoisotopic (exact) mass is 260 g/mol. The van der Waals surface area contributed by atoms with Gasteiger partial charge >= 0.3 is 11.9 Å². The van der Waals surface area contributed by atoms with Crippen molar-refractivity contribution in [1.82, 2.24) is 0 Å². The lowest BCUT2D eigenvalue weighted by atomic mass is 10.2. The number of carboxylic acids is 1. The number of ether oxygens (including phenoxy) is 1. The smallest absolute Gasteiger partial charge is 0.305 e. The van der Waals surface area contributed by atoms with Crippen LogP contribution in [0.4, 0.5) is 0 Å². The fraction of sp³-hybridized carbons (Fsp3) is 0.769. The van der Waals surface area contributed by atoms with Gasteiger partial charge in [0, 0.05) is 12.8 Å². The number of aliphatic carboxylic acids is 1. The van der Waals surface area contributed by atoms with Gasteiger partial charge in [0.1, 0.15) is 5.78 Å². The summed E-state index contributed by atoms with van der Waals surface area (Å²) in [6.45, 7) is 6.02. The maximum atomic E-state index is 10.7. The summed E-state index contributed by atoms with van der Waals surface area (Å²) in [5, 5.41) is 8.01. The first-order valence-electron chi connectivity index (χ1n) is 6.30. The topological polar surface area (TPSA) is 80.7 Å². The van der Waals surface area contributed by atoms with E-state index in [1.165, 1.54) is 6.92 Å². The van der Waals surface area contributed by atoms with Gasteiger partial charge in [-0.25, -0.2) is 0 Å². The van der Waals surface area contributed by atoms with E-state index in [1.54, 1.807) is 0 Å². The summed E-state index contributed by atoms with van der Waals surface area (Å²) >= 11 is 0. The highest BCUT2D eigenvalue weighted by molar-refractivity contribution is 5.80. The third-order valence-electron chi connectivity index (χ3n) is 1.91. The van der Waals surface area contributed by atoms with E-state index in [2.05, 4.69) is 6.92 Å². The molecule has 0 unspecified atom stereocenters. The minimum Gasteiger partial charge on any atom is -0.481 e. The first-order valence-corrected chi connectivity index (χ1v) is 6.30. The van der Waals surface area contributed by atoms with Crippen LogP contribution >= 0.6 is 0 Å². The van der Waals surface area contributed by atoms with Crippen LogP contribution < -0.4 is 0 Å². The highest BCUT2D eigenvalue weighted by Gasteiger charge is 1.98. The zero-order valence-corrected chi connectivity index (χ0v) is 11.5. The quantitative estimate of drug-likeness (QED) is 0.536. The summed E-state index contributed by atoms with van der Waals surface area (Å²) in [6, 6.07) is 0. The highest BCUT2D eigenvalue weighted by Crippen LogP contribution is 1.93. The van der Waals surface area contributed by atoms with Crippen LogP contribution in [-0.4, -0.2) is 29.4 Å². The van der Waals surface area contributed by atoms with Crippen molar-refractivity contribution >= 4 is 17.7 Å². The van der Waals surface area contributed by atoms with Crippen LogP contribution in [-0.2, 0) is 19.1 Å². The molecule has 0 saturated heterocycles. The van der Waals surface area contributed by atoms with Crippen molar-refractivity contribution in [2.45, 2.75) is 59.3 Å². The number of Topliss-reactive ketones (excluding diaryl/α,β-unsaturated/α-hetero) is 1. The van der Waals surface area contributed by atoms with Crippen molar-refractivity contribution in [2.75, 3.05) is 6.61 Å². The maximum Gasteiger partial charge on any atom is 0.305 e. The molecular formula is C13H24O5. The lowest BCUT2D eigenvalue weighted by molar-refractivity contribution is -0.143. The van der Waals surface area contributed by atoms with Gasteiger partial charge in [0.25, 0.3) is 0 Å². The fourth-order valence-electron chi connectivity index (χ4n) is 0.890. The van der Waals surface area contributed by atoms with E-state index < -0.39 is 5.97 Å². The van der Waals surface area contributed by atoms with Gasteiger partial charge in [-0.2, -0.15) is 0 Å². The normalized spacial score (nSPS) is 9.06. The molecule has 0 rings (SSSR count). The second-order valence-corrected chi connectivity index (χ2v) is 3.92. The van der Waals surface area contributed by atoms with Gasteiger partial charge in [-0.15, -0.1) is 0 Å². The maximum absolute atomic E-state index is 10.7. The molecule has 106 valence electrons. The van der Waals surface area contributed by atoms with E-state index in [4.69, 9.17) is 9.84 Å². The van der Waals surface area contributed by atoms with E-state index in [0.29, 0.717) is 13.0 Å². The van der Waals surface area contributed by atoms with Crippen LogP contribution in [0.3, 0.4) is 0 Å². The largest absolute Gasteiger partial charge is 0.481 e. The number of ketones is 1. The predicted octanol–water partition coefficient (Wildman–Crippen LogP) is 2.57. The third kappa shape index (κ3) is 20.1. The van der Waals surface area contributed by atoms with Crippen LogP contribution in [0, 0.1) is 0 Å². The zero-order chi connectivity index (χ0) is 14.4. The molecule has 0 spiro atoms. The Morgan fingerprint density at radius 1 is 1.00 bits per heavy atom. The number of hydrogen-bond acceptors (Lipinski definition) is 4. The number of carboxylic acid groups (broad SMARTS) is 1. The number of carbonyl (C=O) groups is 3. The summed E-state index contributed by atoms with van der Waals surface area (Å²) in [6.07, 6.45) is 3.61. The van der Waals surface area contributed by atoms with Crippen LogP contribution in [0.1, 0.15) is 59.3 Å². The average Bonchev–Trinajstić information content (AvgIpc) is 2.28. The van der Waals surface area contributed by atoms with Crippen molar-refractivity contribution < 1.29 is 24.2 Å². The van der Waals surface area contributed by atoms with E-state index in [-0.39, 0.29) is 24.6 Å². The Balaban J connectivity index is 0. The standard InChI is InChI=1S/C8H16O2.C5H8O3/c1-3-5-7-10-8(9)6-4-2;1-4(6)2-3-5(7)8/h3-7H2,1-2H3;2-3H2,1H3,(H,7,8). The van der Waals surface area contributed by atoms with Crippen molar-refractivity contribution in [2.24, 2.45) is 0 Å². The van der Waals surface area contributed by atoms with Gasteiger partial charge in [0.05, 0.1) is 13.0 Å².